The van der Waals surface area contributed by atoms with Gasteiger partial charge in [0.15, 0.2) is 0 Å². The van der Waals surface area contributed by atoms with Crippen LogP contribution in [-0.4, -0.2) is 28.0 Å². The highest BCUT2D eigenvalue weighted by Crippen LogP contribution is 2.24. The molecule has 2 aromatic rings. The molecule has 2 unspecified atom stereocenters. The summed E-state index contributed by atoms with van der Waals surface area (Å²) in [5.41, 5.74) is 2.48. The van der Waals surface area contributed by atoms with Gasteiger partial charge >= 0.3 is 0 Å². The summed E-state index contributed by atoms with van der Waals surface area (Å²) in [5, 5.41) is 7.99. The van der Waals surface area contributed by atoms with E-state index in [9.17, 15) is 0 Å². The smallest absolute Gasteiger partial charge is 0.0679 e. The third-order valence-electron chi connectivity index (χ3n) is 3.97. The van der Waals surface area contributed by atoms with Crippen molar-refractivity contribution in [2.24, 2.45) is 0 Å². The molecule has 0 saturated carbocycles. The maximum absolute atomic E-state index is 5.82. The maximum Gasteiger partial charge on any atom is 0.0679 e. The van der Waals surface area contributed by atoms with Crippen LogP contribution in [0.1, 0.15) is 32.3 Å². The normalized spacial score (nSPS) is 25.7. The van der Waals surface area contributed by atoms with Crippen molar-refractivity contribution >= 4 is 5.69 Å². The molecule has 21 heavy (non-hydrogen) atoms. The number of anilines is 1. The van der Waals surface area contributed by atoms with Crippen LogP contribution in [0.15, 0.2) is 42.7 Å². The first-order valence-electron chi connectivity index (χ1n) is 7.68. The quantitative estimate of drug-likeness (QED) is 0.937. The summed E-state index contributed by atoms with van der Waals surface area (Å²) >= 11 is 0. The third-order valence-corrected chi connectivity index (χ3v) is 3.97. The Kier molecular flexibility index (Phi) is 4.25. The second kappa shape index (κ2) is 6.31. The number of hydrogen-bond donors (Lipinski definition) is 1. The highest BCUT2D eigenvalue weighted by atomic mass is 16.5. The fourth-order valence-corrected chi connectivity index (χ4v) is 3.11. The van der Waals surface area contributed by atoms with E-state index in [2.05, 4.69) is 48.5 Å². The first-order valence-corrected chi connectivity index (χ1v) is 7.68. The van der Waals surface area contributed by atoms with Crippen molar-refractivity contribution in [1.29, 1.82) is 0 Å². The van der Waals surface area contributed by atoms with Crippen LogP contribution in [0.3, 0.4) is 0 Å². The van der Waals surface area contributed by atoms with Crippen molar-refractivity contribution in [3.8, 4) is 0 Å². The minimum Gasteiger partial charge on any atom is -0.382 e. The summed E-state index contributed by atoms with van der Waals surface area (Å²) in [4.78, 5) is 0. The number of benzene rings is 1. The van der Waals surface area contributed by atoms with Crippen molar-refractivity contribution < 1.29 is 4.74 Å². The van der Waals surface area contributed by atoms with Crippen molar-refractivity contribution in [2.45, 2.75) is 51.5 Å². The molecule has 0 bridgehead atoms. The number of para-hydroxylation sites is 1. The molecule has 1 aliphatic rings. The lowest BCUT2D eigenvalue weighted by Crippen LogP contribution is -2.37. The van der Waals surface area contributed by atoms with E-state index in [-0.39, 0.29) is 0 Å². The zero-order valence-corrected chi connectivity index (χ0v) is 12.7. The predicted octanol–water partition coefficient (Wildman–Crippen LogP) is 3.30. The molecule has 0 aliphatic carbocycles. The standard InChI is InChI=1S/C17H23N3O/c1-13-10-16(11-14(2)21-13)19-17-7-4-3-6-15(17)12-20-9-5-8-18-20/h3-9,13-14,16,19H,10-12H2,1-2H3. The minimum absolute atomic E-state index is 0.324. The third kappa shape index (κ3) is 3.64. The van der Waals surface area contributed by atoms with Gasteiger partial charge in [-0.05, 0) is 44.4 Å². The van der Waals surface area contributed by atoms with E-state index in [1.807, 2.05) is 23.1 Å². The Morgan fingerprint density at radius 2 is 1.95 bits per heavy atom. The molecule has 1 aromatic carbocycles. The number of nitrogens with zero attached hydrogens (tertiary/aromatic N) is 2. The molecular formula is C17H23N3O. The van der Waals surface area contributed by atoms with Crippen molar-refractivity contribution in [1.82, 2.24) is 9.78 Å². The molecule has 2 heterocycles. The van der Waals surface area contributed by atoms with E-state index in [4.69, 9.17) is 4.74 Å². The lowest BCUT2D eigenvalue weighted by molar-refractivity contribution is -0.0337. The van der Waals surface area contributed by atoms with Crippen LogP contribution in [-0.2, 0) is 11.3 Å². The molecule has 1 saturated heterocycles. The predicted molar refractivity (Wildman–Crippen MR) is 84.4 cm³/mol. The molecule has 4 nitrogen and oxygen atoms in total. The van der Waals surface area contributed by atoms with Gasteiger partial charge in [0.25, 0.3) is 0 Å². The zero-order valence-electron chi connectivity index (χ0n) is 12.7. The van der Waals surface area contributed by atoms with Gasteiger partial charge in [-0.3, -0.25) is 4.68 Å². The van der Waals surface area contributed by atoms with Crippen molar-refractivity contribution in [3.63, 3.8) is 0 Å². The van der Waals surface area contributed by atoms with E-state index in [0.717, 1.165) is 19.4 Å². The number of rotatable bonds is 4. The van der Waals surface area contributed by atoms with Crippen LogP contribution in [0.4, 0.5) is 5.69 Å². The van der Waals surface area contributed by atoms with Crippen molar-refractivity contribution in [2.75, 3.05) is 5.32 Å². The van der Waals surface area contributed by atoms with Crippen LogP contribution in [0.2, 0.25) is 0 Å². The van der Waals surface area contributed by atoms with Gasteiger partial charge < -0.3 is 10.1 Å². The van der Waals surface area contributed by atoms with Gasteiger partial charge in [0.1, 0.15) is 0 Å². The number of nitrogens with one attached hydrogen (secondary N) is 1. The molecule has 3 rings (SSSR count). The summed E-state index contributed by atoms with van der Waals surface area (Å²) in [7, 11) is 0. The van der Waals surface area contributed by atoms with Gasteiger partial charge in [-0.1, -0.05) is 18.2 Å². The van der Waals surface area contributed by atoms with Crippen LogP contribution in [0.5, 0.6) is 0 Å². The second-order valence-electron chi connectivity index (χ2n) is 5.93. The van der Waals surface area contributed by atoms with E-state index in [1.165, 1.54) is 11.3 Å². The Hall–Kier alpha value is -1.81. The van der Waals surface area contributed by atoms with Gasteiger partial charge in [-0.2, -0.15) is 5.10 Å². The van der Waals surface area contributed by atoms with E-state index in [1.54, 1.807) is 0 Å². The lowest BCUT2D eigenvalue weighted by Gasteiger charge is -2.33. The van der Waals surface area contributed by atoms with Crippen LogP contribution in [0, 0.1) is 0 Å². The molecule has 0 spiro atoms. The molecule has 0 radical (unpaired) electrons. The van der Waals surface area contributed by atoms with Crippen LogP contribution in [0.25, 0.3) is 0 Å². The van der Waals surface area contributed by atoms with Crippen LogP contribution >= 0.6 is 0 Å². The lowest BCUT2D eigenvalue weighted by atomic mass is 9.99. The Morgan fingerprint density at radius 3 is 2.67 bits per heavy atom. The number of hydrogen-bond acceptors (Lipinski definition) is 3. The van der Waals surface area contributed by atoms with E-state index in [0.29, 0.717) is 18.2 Å². The summed E-state index contributed by atoms with van der Waals surface area (Å²) in [5.74, 6) is 0. The first kappa shape index (κ1) is 14.1. The van der Waals surface area contributed by atoms with Gasteiger partial charge in [0, 0.05) is 24.1 Å². The minimum atomic E-state index is 0.324. The largest absolute Gasteiger partial charge is 0.382 e. The zero-order chi connectivity index (χ0) is 14.7. The molecule has 0 amide bonds. The molecule has 4 heteroatoms. The summed E-state index contributed by atoms with van der Waals surface area (Å²) < 4.78 is 7.77. The van der Waals surface area contributed by atoms with E-state index >= 15 is 0 Å². The average molecular weight is 285 g/mol. The van der Waals surface area contributed by atoms with Gasteiger partial charge in [0.05, 0.1) is 18.8 Å². The average Bonchev–Trinajstić information content (AvgIpc) is 2.93. The molecule has 1 aromatic heterocycles. The molecular weight excluding hydrogens is 262 g/mol. The molecule has 2 atom stereocenters. The molecule has 1 aliphatic heterocycles. The highest BCUT2D eigenvalue weighted by Gasteiger charge is 2.24. The van der Waals surface area contributed by atoms with Gasteiger partial charge in [-0.25, -0.2) is 0 Å². The summed E-state index contributed by atoms with van der Waals surface area (Å²) in [6.07, 6.45) is 6.57. The molecule has 112 valence electrons. The summed E-state index contributed by atoms with van der Waals surface area (Å²) in [6, 6.07) is 10.9. The summed E-state index contributed by atoms with van der Waals surface area (Å²) in [6.45, 7) is 5.10. The van der Waals surface area contributed by atoms with E-state index < -0.39 is 0 Å². The Balaban J connectivity index is 1.73. The maximum atomic E-state index is 5.82. The number of aromatic nitrogens is 2. The Morgan fingerprint density at radius 1 is 1.19 bits per heavy atom. The molecule has 1 fully saturated rings. The fraction of sp³-hybridized carbons (Fsp3) is 0.471. The SMILES string of the molecule is CC1CC(Nc2ccccc2Cn2cccn2)CC(C)O1. The molecule has 1 N–H and O–H groups in total. The Labute approximate surface area is 126 Å². The van der Waals surface area contributed by atoms with Crippen molar-refractivity contribution in [3.05, 3.63) is 48.3 Å². The topological polar surface area (TPSA) is 39.1 Å². The fourth-order valence-electron chi connectivity index (χ4n) is 3.11. The Bertz CT molecular complexity index is 557. The monoisotopic (exact) mass is 285 g/mol. The van der Waals surface area contributed by atoms with Gasteiger partial charge in [0.2, 0.25) is 0 Å². The van der Waals surface area contributed by atoms with Gasteiger partial charge in [-0.15, -0.1) is 0 Å². The first-order chi connectivity index (χ1) is 10.2. The van der Waals surface area contributed by atoms with Crippen LogP contribution < -0.4 is 5.32 Å². The highest BCUT2D eigenvalue weighted by molar-refractivity contribution is 5.52. The number of ether oxygens (including phenoxy) is 1. The second-order valence-corrected chi connectivity index (χ2v) is 5.93.